The number of halogens is 1. The maximum absolute atomic E-state index is 12.8. The van der Waals surface area contributed by atoms with Crippen LogP contribution in [0.5, 0.6) is 0 Å². The number of benzene rings is 1. The molecule has 0 saturated heterocycles. The number of carbonyl (C=O) groups is 2. The molecule has 3 rings (SSSR count). The fourth-order valence-electron chi connectivity index (χ4n) is 2.64. The second-order valence-corrected chi connectivity index (χ2v) is 6.72. The lowest BCUT2D eigenvalue weighted by Gasteiger charge is -2.08. The van der Waals surface area contributed by atoms with Crippen molar-refractivity contribution in [2.45, 2.75) is 26.8 Å². The van der Waals surface area contributed by atoms with Crippen molar-refractivity contribution >= 4 is 34.6 Å². The summed E-state index contributed by atoms with van der Waals surface area (Å²) in [5.74, 6) is -0.575. The third-order valence-corrected chi connectivity index (χ3v) is 4.06. The molecule has 0 aliphatic carbocycles. The lowest BCUT2D eigenvalue weighted by molar-refractivity contribution is 0.0940. The first kappa shape index (κ1) is 17.9. The van der Waals surface area contributed by atoms with Gasteiger partial charge in [-0.15, -0.1) is 0 Å². The summed E-state index contributed by atoms with van der Waals surface area (Å²) in [6.45, 7) is 5.59. The number of amides is 2. The predicted octanol–water partition coefficient (Wildman–Crippen LogP) is 3.69. The van der Waals surface area contributed by atoms with Gasteiger partial charge in [-0.3, -0.25) is 14.0 Å². The molecule has 7 heteroatoms. The molecule has 0 radical (unpaired) electrons. The van der Waals surface area contributed by atoms with Gasteiger partial charge in [-0.2, -0.15) is 0 Å². The Hall–Kier alpha value is -2.86. The fraction of sp³-hybridized carbons (Fsp3) is 0.211. The maximum Gasteiger partial charge on any atom is 0.292 e. The molecular formula is C19H19ClN4O2. The van der Waals surface area contributed by atoms with Crippen LogP contribution in [0, 0.1) is 6.92 Å². The largest absolute Gasteiger partial charge is 0.348 e. The predicted molar refractivity (Wildman–Crippen MR) is 102 cm³/mol. The van der Waals surface area contributed by atoms with Crippen molar-refractivity contribution in [3.63, 3.8) is 0 Å². The molecule has 0 aliphatic rings. The minimum Gasteiger partial charge on any atom is -0.348 e. The molecule has 0 atom stereocenters. The van der Waals surface area contributed by atoms with Gasteiger partial charge in [0.25, 0.3) is 11.8 Å². The van der Waals surface area contributed by atoms with E-state index >= 15 is 0 Å². The van der Waals surface area contributed by atoms with E-state index in [4.69, 9.17) is 11.6 Å². The summed E-state index contributed by atoms with van der Waals surface area (Å²) in [7, 11) is 0. The van der Waals surface area contributed by atoms with E-state index in [0.717, 1.165) is 5.56 Å². The molecule has 26 heavy (non-hydrogen) atoms. The number of hydrogen-bond donors (Lipinski definition) is 2. The van der Waals surface area contributed by atoms with Crippen molar-refractivity contribution in [2.24, 2.45) is 0 Å². The number of fused-ring (bicyclic) bond motifs is 1. The van der Waals surface area contributed by atoms with E-state index in [2.05, 4.69) is 15.6 Å². The Labute approximate surface area is 156 Å². The zero-order valence-electron chi connectivity index (χ0n) is 14.7. The van der Waals surface area contributed by atoms with Crippen LogP contribution >= 0.6 is 11.6 Å². The number of rotatable bonds is 4. The van der Waals surface area contributed by atoms with Crippen molar-refractivity contribution in [1.82, 2.24) is 14.7 Å². The highest BCUT2D eigenvalue weighted by atomic mass is 35.5. The molecule has 0 bridgehead atoms. The van der Waals surface area contributed by atoms with Gasteiger partial charge in [0.2, 0.25) is 5.82 Å². The van der Waals surface area contributed by atoms with Gasteiger partial charge < -0.3 is 10.6 Å². The van der Waals surface area contributed by atoms with Crippen molar-refractivity contribution in [3.05, 3.63) is 64.7 Å². The number of nitrogens with zero attached hydrogens (tertiary/aromatic N) is 2. The van der Waals surface area contributed by atoms with E-state index in [1.165, 1.54) is 0 Å². The SMILES string of the molecule is Cc1cc(Cl)ccc1NC(=O)c1nc(C(=O)NC(C)C)c2ccccn12. The standard InChI is InChI=1S/C19H19ClN4O2/c1-11(2)21-18(25)16-15-6-4-5-9-24(15)17(23-16)19(26)22-14-8-7-13(20)10-12(14)3/h4-11H,1-3H3,(H,21,25)(H,22,26). The summed E-state index contributed by atoms with van der Waals surface area (Å²) >= 11 is 5.95. The molecular weight excluding hydrogens is 352 g/mol. The highest BCUT2D eigenvalue weighted by molar-refractivity contribution is 6.30. The minimum atomic E-state index is -0.403. The summed E-state index contributed by atoms with van der Waals surface area (Å²) in [5.41, 5.74) is 2.27. The number of imidazole rings is 1. The maximum atomic E-state index is 12.8. The summed E-state index contributed by atoms with van der Waals surface area (Å²) in [6, 6.07) is 10.5. The lowest BCUT2D eigenvalue weighted by atomic mass is 10.2. The Balaban J connectivity index is 1.99. The zero-order chi connectivity index (χ0) is 18.8. The summed E-state index contributed by atoms with van der Waals surface area (Å²) in [5, 5.41) is 6.23. The second kappa shape index (κ2) is 7.17. The molecule has 0 fully saturated rings. The van der Waals surface area contributed by atoms with Crippen molar-refractivity contribution in [1.29, 1.82) is 0 Å². The first-order valence-electron chi connectivity index (χ1n) is 8.22. The average molecular weight is 371 g/mol. The van der Waals surface area contributed by atoms with E-state index in [9.17, 15) is 9.59 Å². The van der Waals surface area contributed by atoms with E-state index in [1.807, 2.05) is 20.8 Å². The molecule has 0 aliphatic heterocycles. The van der Waals surface area contributed by atoms with Crippen LogP contribution in [-0.4, -0.2) is 27.2 Å². The molecule has 134 valence electrons. The van der Waals surface area contributed by atoms with Gasteiger partial charge in [0, 0.05) is 22.9 Å². The number of aromatic nitrogens is 2. The first-order valence-corrected chi connectivity index (χ1v) is 8.60. The summed E-state index contributed by atoms with van der Waals surface area (Å²) < 4.78 is 1.61. The minimum absolute atomic E-state index is 0.0306. The van der Waals surface area contributed by atoms with Gasteiger partial charge in [-0.05, 0) is 56.7 Å². The molecule has 2 aromatic heterocycles. The topological polar surface area (TPSA) is 75.5 Å². The van der Waals surface area contributed by atoms with Gasteiger partial charge >= 0.3 is 0 Å². The Bertz CT molecular complexity index is 994. The molecule has 6 nitrogen and oxygen atoms in total. The second-order valence-electron chi connectivity index (χ2n) is 6.28. The molecule has 2 heterocycles. The monoisotopic (exact) mass is 370 g/mol. The number of aryl methyl sites for hydroxylation is 1. The zero-order valence-corrected chi connectivity index (χ0v) is 15.5. The van der Waals surface area contributed by atoms with E-state index < -0.39 is 5.91 Å². The molecule has 0 spiro atoms. The third kappa shape index (κ3) is 3.55. The highest BCUT2D eigenvalue weighted by Gasteiger charge is 2.22. The van der Waals surface area contributed by atoms with Gasteiger partial charge in [-0.1, -0.05) is 17.7 Å². The number of carbonyl (C=O) groups excluding carboxylic acids is 2. The summed E-state index contributed by atoms with van der Waals surface area (Å²) in [4.78, 5) is 29.5. The van der Waals surface area contributed by atoms with Gasteiger partial charge in [0.15, 0.2) is 5.69 Å². The van der Waals surface area contributed by atoms with Gasteiger partial charge in [0.05, 0.1) is 5.52 Å². The Morgan fingerprint density at radius 1 is 1.15 bits per heavy atom. The molecule has 2 N–H and O–H groups in total. The average Bonchev–Trinajstić information content (AvgIpc) is 2.96. The van der Waals surface area contributed by atoms with E-state index in [1.54, 1.807) is 47.0 Å². The first-order chi connectivity index (χ1) is 12.4. The number of anilines is 1. The van der Waals surface area contributed by atoms with Gasteiger partial charge in [-0.25, -0.2) is 4.98 Å². The highest BCUT2D eigenvalue weighted by Crippen LogP contribution is 2.21. The van der Waals surface area contributed by atoms with Crippen molar-refractivity contribution in [2.75, 3.05) is 5.32 Å². The normalized spacial score (nSPS) is 11.0. The Morgan fingerprint density at radius 2 is 1.92 bits per heavy atom. The van der Waals surface area contributed by atoms with Crippen LogP contribution in [0.4, 0.5) is 5.69 Å². The number of pyridine rings is 1. The van der Waals surface area contributed by atoms with Crippen LogP contribution in [0.1, 0.15) is 40.5 Å². The molecule has 2 amide bonds. The van der Waals surface area contributed by atoms with Crippen LogP contribution in [0.25, 0.3) is 5.52 Å². The summed E-state index contributed by atoms with van der Waals surface area (Å²) in [6.07, 6.45) is 1.71. The van der Waals surface area contributed by atoms with Crippen LogP contribution in [0.3, 0.4) is 0 Å². The van der Waals surface area contributed by atoms with E-state index in [0.29, 0.717) is 16.2 Å². The van der Waals surface area contributed by atoms with Crippen LogP contribution in [0.15, 0.2) is 42.6 Å². The fourth-order valence-corrected chi connectivity index (χ4v) is 2.87. The quantitative estimate of drug-likeness (QED) is 0.735. The van der Waals surface area contributed by atoms with Crippen LogP contribution < -0.4 is 10.6 Å². The molecule has 3 aromatic rings. The smallest absolute Gasteiger partial charge is 0.292 e. The Kier molecular flexibility index (Phi) is 4.95. The number of hydrogen-bond acceptors (Lipinski definition) is 3. The Morgan fingerprint density at radius 3 is 2.62 bits per heavy atom. The van der Waals surface area contributed by atoms with Crippen molar-refractivity contribution in [3.8, 4) is 0 Å². The molecule has 1 aromatic carbocycles. The van der Waals surface area contributed by atoms with Crippen molar-refractivity contribution < 1.29 is 9.59 Å². The number of nitrogens with one attached hydrogen (secondary N) is 2. The van der Waals surface area contributed by atoms with Gasteiger partial charge in [0.1, 0.15) is 0 Å². The van der Waals surface area contributed by atoms with E-state index in [-0.39, 0.29) is 23.5 Å². The third-order valence-electron chi connectivity index (χ3n) is 3.82. The van der Waals surface area contributed by atoms with Crippen LogP contribution in [0.2, 0.25) is 5.02 Å². The lowest BCUT2D eigenvalue weighted by Crippen LogP contribution is -2.30. The molecule has 0 unspecified atom stereocenters. The van der Waals surface area contributed by atoms with Crippen LogP contribution in [-0.2, 0) is 0 Å². The molecule has 0 saturated carbocycles.